The molecule has 3 N–H and O–H groups in total. The Morgan fingerprint density at radius 1 is 1.41 bits per heavy atom. The number of hydrogen-bond donors (Lipinski definition) is 2. The number of hydrogen-bond acceptors (Lipinski definition) is 5. The highest BCUT2D eigenvalue weighted by Crippen LogP contribution is 2.17. The fraction of sp³-hybridized carbons (Fsp3) is 0.182. The van der Waals surface area contributed by atoms with Crippen molar-refractivity contribution in [2.24, 2.45) is 5.73 Å². The zero-order valence-electron chi connectivity index (χ0n) is 9.25. The Bertz CT molecular complexity index is 509. The summed E-state index contributed by atoms with van der Waals surface area (Å²) in [5.74, 6) is -0.205. The normalized spacial score (nSPS) is 12.1. The van der Waals surface area contributed by atoms with Crippen molar-refractivity contribution in [1.82, 2.24) is 15.5 Å². The molecule has 88 valence electrons. The van der Waals surface area contributed by atoms with Crippen molar-refractivity contribution in [3.8, 4) is 0 Å². The lowest BCUT2D eigenvalue weighted by atomic mass is 10.1. The van der Waals surface area contributed by atoms with Gasteiger partial charge in [0, 0.05) is 7.05 Å². The molecule has 6 heteroatoms. The molecule has 0 spiro atoms. The molecular weight excluding hydrogens is 220 g/mol. The molecule has 0 aliphatic heterocycles. The third kappa shape index (κ3) is 2.31. The number of rotatable bonds is 3. The summed E-state index contributed by atoms with van der Waals surface area (Å²) in [5.41, 5.74) is 6.79. The number of benzene rings is 1. The topological polar surface area (TPSA) is 94.0 Å². The quantitative estimate of drug-likeness (QED) is 0.802. The van der Waals surface area contributed by atoms with Gasteiger partial charge in [-0.05, 0) is 5.56 Å². The van der Waals surface area contributed by atoms with Gasteiger partial charge in [0.15, 0.2) is 0 Å². The summed E-state index contributed by atoms with van der Waals surface area (Å²) in [7, 11) is 1.50. The summed E-state index contributed by atoms with van der Waals surface area (Å²) < 4.78 is 4.96. The first-order chi connectivity index (χ1) is 8.22. The third-order valence-electron chi connectivity index (χ3n) is 2.30. The van der Waals surface area contributed by atoms with Gasteiger partial charge in [-0.1, -0.05) is 35.5 Å². The van der Waals surface area contributed by atoms with Gasteiger partial charge in [0.2, 0.25) is 5.89 Å². The van der Waals surface area contributed by atoms with E-state index in [0.29, 0.717) is 0 Å². The average Bonchev–Trinajstić information content (AvgIpc) is 2.87. The molecule has 1 unspecified atom stereocenters. The van der Waals surface area contributed by atoms with E-state index >= 15 is 0 Å². The fourth-order valence-electron chi connectivity index (χ4n) is 1.37. The first kappa shape index (κ1) is 11.3. The Balaban J connectivity index is 2.23. The minimum atomic E-state index is -0.526. The minimum Gasteiger partial charge on any atom is -0.352 e. The Hall–Kier alpha value is -2.21. The fourth-order valence-corrected chi connectivity index (χ4v) is 1.37. The van der Waals surface area contributed by atoms with Crippen LogP contribution in [-0.2, 0) is 0 Å². The van der Waals surface area contributed by atoms with Crippen LogP contribution in [0.1, 0.15) is 28.1 Å². The maximum absolute atomic E-state index is 11.2. The van der Waals surface area contributed by atoms with Crippen molar-refractivity contribution in [3.63, 3.8) is 0 Å². The molecule has 0 aliphatic carbocycles. The number of aromatic nitrogens is 2. The molecule has 1 heterocycles. The van der Waals surface area contributed by atoms with E-state index in [9.17, 15) is 4.79 Å². The molecule has 17 heavy (non-hydrogen) atoms. The zero-order valence-corrected chi connectivity index (χ0v) is 9.25. The van der Waals surface area contributed by atoms with Crippen molar-refractivity contribution in [2.45, 2.75) is 6.04 Å². The molecule has 1 aromatic heterocycles. The van der Waals surface area contributed by atoms with Gasteiger partial charge >= 0.3 is 0 Å². The number of amides is 1. The van der Waals surface area contributed by atoms with Crippen LogP contribution < -0.4 is 11.1 Å². The molecule has 1 amide bonds. The van der Waals surface area contributed by atoms with E-state index in [1.54, 1.807) is 0 Å². The maximum Gasteiger partial charge on any atom is 0.292 e. The van der Waals surface area contributed by atoms with Gasteiger partial charge in [0.1, 0.15) is 6.04 Å². The van der Waals surface area contributed by atoms with Crippen LogP contribution in [0.4, 0.5) is 0 Å². The van der Waals surface area contributed by atoms with E-state index in [2.05, 4.69) is 15.5 Å². The van der Waals surface area contributed by atoms with E-state index < -0.39 is 11.9 Å². The Morgan fingerprint density at radius 2 is 2.12 bits per heavy atom. The first-order valence-electron chi connectivity index (χ1n) is 5.08. The second-order valence-electron chi connectivity index (χ2n) is 3.42. The van der Waals surface area contributed by atoms with Gasteiger partial charge in [-0.3, -0.25) is 4.79 Å². The molecule has 0 aliphatic rings. The Kier molecular flexibility index (Phi) is 3.15. The van der Waals surface area contributed by atoms with Gasteiger partial charge in [0.25, 0.3) is 11.7 Å². The standard InChI is InChI=1S/C11H12N4O2/c1-13-10(16)9-14-11(17-15-9)8(12)7-5-3-2-4-6-7/h2-6,8H,12H2,1H3,(H,13,16). The predicted molar refractivity (Wildman–Crippen MR) is 60.2 cm³/mol. The summed E-state index contributed by atoms with van der Waals surface area (Å²) >= 11 is 0. The lowest BCUT2D eigenvalue weighted by molar-refractivity contribution is 0.0950. The molecule has 1 aromatic carbocycles. The number of carbonyl (C=O) groups is 1. The average molecular weight is 232 g/mol. The van der Waals surface area contributed by atoms with Gasteiger partial charge in [-0.25, -0.2) is 0 Å². The minimum absolute atomic E-state index is 0.0196. The molecule has 0 radical (unpaired) electrons. The maximum atomic E-state index is 11.2. The van der Waals surface area contributed by atoms with Crippen LogP contribution >= 0.6 is 0 Å². The first-order valence-corrected chi connectivity index (χ1v) is 5.08. The molecule has 1 atom stereocenters. The Morgan fingerprint density at radius 3 is 2.76 bits per heavy atom. The lowest BCUT2D eigenvalue weighted by Crippen LogP contribution is -2.19. The van der Waals surface area contributed by atoms with Gasteiger partial charge < -0.3 is 15.6 Å². The van der Waals surface area contributed by atoms with Crippen molar-refractivity contribution in [2.75, 3.05) is 7.05 Å². The third-order valence-corrected chi connectivity index (χ3v) is 2.30. The number of nitrogens with one attached hydrogen (secondary N) is 1. The van der Waals surface area contributed by atoms with Crippen molar-refractivity contribution < 1.29 is 9.32 Å². The number of nitrogens with two attached hydrogens (primary N) is 1. The van der Waals surface area contributed by atoms with Crippen LogP contribution in [0.2, 0.25) is 0 Å². The summed E-state index contributed by atoms with van der Waals surface area (Å²) in [6, 6.07) is 8.81. The van der Waals surface area contributed by atoms with E-state index in [4.69, 9.17) is 10.3 Å². The monoisotopic (exact) mass is 232 g/mol. The summed E-state index contributed by atoms with van der Waals surface area (Å²) in [4.78, 5) is 15.2. The lowest BCUT2D eigenvalue weighted by Gasteiger charge is -2.05. The van der Waals surface area contributed by atoms with Crippen molar-refractivity contribution in [1.29, 1.82) is 0 Å². The van der Waals surface area contributed by atoms with Crippen LogP contribution in [0.25, 0.3) is 0 Å². The van der Waals surface area contributed by atoms with E-state index in [1.807, 2.05) is 30.3 Å². The van der Waals surface area contributed by atoms with E-state index in [0.717, 1.165) is 5.56 Å². The molecule has 2 aromatic rings. The molecule has 0 bridgehead atoms. The SMILES string of the molecule is CNC(=O)c1noc(C(N)c2ccccc2)n1. The number of carbonyl (C=O) groups excluding carboxylic acids is 1. The summed E-state index contributed by atoms with van der Waals surface area (Å²) in [6.07, 6.45) is 0. The molecule has 2 rings (SSSR count). The number of nitrogens with zero attached hydrogens (tertiary/aromatic N) is 2. The largest absolute Gasteiger partial charge is 0.352 e. The van der Waals surface area contributed by atoms with Crippen LogP contribution in [0.3, 0.4) is 0 Å². The van der Waals surface area contributed by atoms with E-state index in [1.165, 1.54) is 7.05 Å². The summed E-state index contributed by atoms with van der Waals surface area (Å²) in [6.45, 7) is 0. The Labute approximate surface area is 97.8 Å². The van der Waals surface area contributed by atoms with Crippen LogP contribution in [0.15, 0.2) is 34.9 Å². The van der Waals surface area contributed by atoms with Crippen LogP contribution in [0, 0.1) is 0 Å². The van der Waals surface area contributed by atoms with Crippen LogP contribution in [0.5, 0.6) is 0 Å². The van der Waals surface area contributed by atoms with E-state index in [-0.39, 0.29) is 11.7 Å². The van der Waals surface area contributed by atoms with Gasteiger partial charge in [-0.15, -0.1) is 0 Å². The predicted octanol–water partition coefficient (Wildman–Crippen LogP) is 0.477. The molecule has 6 nitrogen and oxygen atoms in total. The summed E-state index contributed by atoms with van der Waals surface area (Å²) in [5, 5.41) is 5.96. The smallest absolute Gasteiger partial charge is 0.292 e. The van der Waals surface area contributed by atoms with Crippen LogP contribution in [-0.4, -0.2) is 23.1 Å². The van der Waals surface area contributed by atoms with Gasteiger partial charge in [0.05, 0.1) is 0 Å². The highest BCUT2D eigenvalue weighted by atomic mass is 16.5. The molecule has 0 fully saturated rings. The van der Waals surface area contributed by atoms with Gasteiger partial charge in [-0.2, -0.15) is 4.98 Å². The molecule has 0 saturated carbocycles. The highest BCUT2D eigenvalue weighted by molar-refractivity contribution is 5.89. The van der Waals surface area contributed by atoms with Crippen molar-refractivity contribution in [3.05, 3.63) is 47.6 Å². The molecule has 0 saturated heterocycles. The zero-order chi connectivity index (χ0) is 12.3. The second-order valence-corrected chi connectivity index (χ2v) is 3.42. The molecular formula is C11H12N4O2. The van der Waals surface area contributed by atoms with Crippen molar-refractivity contribution >= 4 is 5.91 Å². The highest BCUT2D eigenvalue weighted by Gasteiger charge is 2.19. The second kappa shape index (κ2) is 4.75.